The van der Waals surface area contributed by atoms with E-state index in [1.807, 2.05) is 19.1 Å². The van der Waals surface area contributed by atoms with Gasteiger partial charge < -0.3 is 19.1 Å². The number of carbonyl (C=O) groups is 1. The van der Waals surface area contributed by atoms with Crippen LogP contribution in [0.4, 0.5) is 0 Å². The third-order valence-corrected chi connectivity index (χ3v) is 5.35. The minimum atomic E-state index is -0.293. The summed E-state index contributed by atoms with van der Waals surface area (Å²) in [7, 11) is 3.79. The first kappa shape index (κ1) is 17.8. The molecule has 2 heterocycles. The Morgan fingerprint density at radius 1 is 1.56 bits per heavy atom. The molecule has 5 nitrogen and oxygen atoms in total. The lowest BCUT2D eigenvalue weighted by molar-refractivity contribution is -0.146. The van der Waals surface area contributed by atoms with Gasteiger partial charge in [0, 0.05) is 25.5 Å². The van der Waals surface area contributed by atoms with Gasteiger partial charge in [-0.2, -0.15) is 0 Å². The largest absolute Gasteiger partial charge is 0.493 e. The molecule has 2 aliphatic heterocycles. The first-order valence-corrected chi connectivity index (χ1v) is 8.77. The van der Waals surface area contributed by atoms with Gasteiger partial charge in [-0.1, -0.05) is 12.1 Å². The van der Waals surface area contributed by atoms with Crippen LogP contribution in [0.25, 0.3) is 0 Å². The van der Waals surface area contributed by atoms with Crippen molar-refractivity contribution in [3.8, 4) is 11.5 Å². The molecule has 0 aliphatic carbocycles. The Labute approximate surface area is 149 Å². The van der Waals surface area contributed by atoms with Crippen molar-refractivity contribution in [1.29, 1.82) is 0 Å². The second-order valence-electron chi connectivity index (χ2n) is 7.13. The molecule has 3 atom stereocenters. The summed E-state index contributed by atoms with van der Waals surface area (Å²) in [5.41, 5.74) is 2.14. The lowest BCUT2D eigenvalue weighted by Gasteiger charge is -2.32. The number of benzene rings is 1. The van der Waals surface area contributed by atoms with Crippen LogP contribution in [-0.4, -0.2) is 43.8 Å². The van der Waals surface area contributed by atoms with E-state index >= 15 is 0 Å². The summed E-state index contributed by atoms with van der Waals surface area (Å²) in [5.74, 6) is 1.29. The molecule has 0 unspecified atom stereocenters. The molecule has 3 rings (SSSR count). The van der Waals surface area contributed by atoms with Crippen molar-refractivity contribution in [2.24, 2.45) is 0 Å². The van der Waals surface area contributed by atoms with Gasteiger partial charge in [0.15, 0.2) is 11.5 Å². The molecule has 0 spiro atoms. The van der Waals surface area contributed by atoms with Gasteiger partial charge in [0.05, 0.1) is 12.5 Å². The number of carbonyl (C=O) groups excluding carboxylic acids is 1. The minimum absolute atomic E-state index is 0.129. The van der Waals surface area contributed by atoms with Crippen LogP contribution in [0, 0.1) is 0 Å². The second kappa shape index (κ2) is 6.71. The molecule has 0 saturated heterocycles. The SMILES string of the molecule is C=C[C@@]12CCN(C)Cc3ccc(OC)c(c31)O[C@H]2C[C@H](C)OC(C)=O. The molecular weight excluding hydrogens is 318 g/mol. The van der Waals surface area contributed by atoms with Crippen molar-refractivity contribution < 1.29 is 19.0 Å². The molecular formula is C20H27NO4. The van der Waals surface area contributed by atoms with Crippen LogP contribution < -0.4 is 9.47 Å². The Morgan fingerprint density at radius 2 is 2.32 bits per heavy atom. The van der Waals surface area contributed by atoms with E-state index in [0.717, 1.165) is 31.0 Å². The maximum absolute atomic E-state index is 11.3. The van der Waals surface area contributed by atoms with E-state index in [0.29, 0.717) is 6.42 Å². The Kier molecular flexibility index (Phi) is 4.78. The maximum Gasteiger partial charge on any atom is 0.302 e. The molecule has 1 aromatic rings. The highest BCUT2D eigenvalue weighted by atomic mass is 16.5. The molecule has 0 aromatic heterocycles. The molecule has 0 saturated carbocycles. The van der Waals surface area contributed by atoms with Crippen LogP contribution in [0.1, 0.15) is 37.8 Å². The number of nitrogens with zero attached hydrogens (tertiary/aromatic N) is 1. The third-order valence-electron chi connectivity index (χ3n) is 5.35. The van der Waals surface area contributed by atoms with Gasteiger partial charge in [-0.05, 0) is 38.6 Å². The van der Waals surface area contributed by atoms with Gasteiger partial charge in [-0.15, -0.1) is 6.58 Å². The maximum atomic E-state index is 11.3. The Balaban J connectivity index is 2.05. The molecule has 25 heavy (non-hydrogen) atoms. The van der Waals surface area contributed by atoms with Gasteiger partial charge in [0.25, 0.3) is 0 Å². The first-order valence-electron chi connectivity index (χ1n) is 8.77. The second-order valence-corrected chi connectivity index (χ2v) is 7.13. The molecule has 1 aromatic carbocycles. The van der Waals surface area contributed by atoms with Gasteiger partial charge in [0.2, 0.25) is 0 Å². The van der Waals surface area contributed by atoms with E-state index in [-0.39, 0.29) is 23.6 Å². The molecule has 0 amide bonds. The summed E-state index contributed by atoms with van der Waals surface area (Å²) in [6, 6.07) is 4.10. The summed E-state index contributed by atoms with van der Waals surface area (Å²) in [5, 5.41) is 0. The summed E-state index contributed by atoms with van der Waals surface area (Å²) >= 11 is 0. The highest BCUT2D eigenvalue weighted by Gasteiger charge is 2.50. The van der Waals surface area contributed by atoms with Gasteiger partial charge in [-0.25, -0.2) is 0 Å². The van der Waals surface area contributed by atoms with Crippen LogP contribution in [0.15, 0.2) is 24.8 Å². The Hall–Kier alpha value is -2.01. The zero-order valence-electron chi connectivity index (χ0n) is 15.5. The number of esters is 1. The van der Waals surface area contributed by atoms with Gasteiger partial charge >= 0.3 is 5.97 Å². The van der Waals surface area contributed by atoms with Gasteiger partial charge in [0.1, 0.15) is 12.2 Å². The van der Waals surface area contributed by atoms with E-state index in [4.69, 9.17) is 14.2 Å². The fourth-order valence-corrected chi connectivity index (χ4v) is 4.19. The molecule has 2 aliphatic rings. The predicted octanol–water partition coefficient (Wildman–Crippen LogP) is 3.06. The molecule has 5 heteroatoms. The number of rotatable bonds is 5. The topological polar surface area (TPSA) is 48.0 Å². The van der Waals surface area contributed by atoms with E-state index in [9.17, 15) is 4.79 Å². The highest BCUT2D eigenvalue weighted by Crippen LogP contribution is 2.54. The number of hydrogen-bond donors (Lipinski definition) is 0. The molecule has 0 fully saturated rings. The van der Waals surface area contributed by atoms with Crippen molar-refractivity contribution in [2.45, 2.75) is 50.9 Å². The Bertz CT molecular complexity index is 687. The molecule has 136 valence electrons. The standard InChI is InChI=1S/C20H27NO4/c1-6-20-9-10-21(4)12-15-7-8-16(23-5)19(18(15)20)25-17(20)11-13(2)24-14(3)22/h6-8,13,17H,1,9-12H2,2-5H3/t13-,17-,20-/m0/s1. The summed E-state index contributed by atoms with van der Waals surface area (Å²) in [6.45, 7) is 9.32. The molecule has 0 bridgehead atoms. The summed E-state index contributed by atoms with van der Waals surface area (Å²) in [4.78, 5) is 13.6. The lowest BCUT2D eigenvalue weighted by atomic mass is 9.72. The average molecular weight is 345 g/mol. The van der Waals surface area contributed by atoms with Crippen molar-refractivity contribution in [3.63, 3.8) is 0 Å². The van der Waals surface area contributed by atoms with Crippen LogP contribution >= 0.6 is 0 Å². The fraction of sp³-hybridized carbons (Fsp3) is 0.550. The van der Waals surface area contributed by atoms with Crippen molar-refractivity contribution in [2.75, 3.05) is 20.7 Å². The number of hydrogen-bond acceptors (Lipinski definition) is 5. The zero-order valence-corrected chi connectivity index (χ0v) is 15.5. The monoisotopic (exact) mass is 345 g/mol. The average Bonchev–Trinajstić information content (AvgIpc) is 2.78. The summed E-state index contributed by atoms with van der Waals surface area (Å²) in [6.07, 6.45) is 3.20. The quantitative estimate of drug-likeness (QED) is 0.606. The van der Waals surface area contributed by atoms with Crippen LogP contribution in [-0.2, 0) is 21.5 Å². The van der Waals surface area contributed by atoms with E-state index < -0.39 is 0 Å². The van der Waals surface area contributed by atoms with E-state index in [1.165, 1.54) is 18.1 Å². The summed E-state index contributed by atoms with van der Waals surface area (Å²) < 4.78 is 17.3. The van der Waals surface area contributed by atoms with E-state index in [2.05, 4.69) is 24.6 Å². The lowest BCUT2D eigenvalue weighted by Crippen LogP contribution is -2.40. The van der Waals surface area contributed by atoms with Crippen molar-refractivity contribution in [3.05, 3.63) is 35.9 Å². The molecule has 0 N–H and O–H groups in total. The third kappa shape index (κ3) is 3.01. The minimum Gasteiger partial charge on any atom is -0.493 e. The Morgan fingerprint density at radius 3 is 2.96 bits per heavy atom. The van der Waals surface area contributed by atoms with Crippen LogP contribution in [0.2, 0.25) is 0 Å². The van der Waals surface area contributed by atoms with Crippen LogP contribution in [0.3, 0.4) is 0 Å². The predicted molar refractivity (Wildman–Crippen MR) is 96.1 cm³/mol. The first-order chi connectivity index (χ1) is 11.9. The van der Waals surface area contributed by atoms with Crippen molar-refractivity contribution >= 4 is 5.97 Å². The van der Waals surface area contributed by atoms with Crippen molar-refractivity contribution in [1.82, 2.24) is 4.90 Å². The normalized spacial score (nSPS) is 26.2. The number of ether oxygens (including phenoxy) is 3. The highest BCUT2D eigenvalue weighted by molar-refractivity contribution is 5.66. The van der Waals surface area contributed by atoms with Crippen LogP contribution in [0.5, 0.6) is 11.5 Å². The number of methoxy groups -OCH3 is 1. The fourth-order valence-electron chi connectivity index (χ4n) is 4.19. The molecule has 0 radical (unpaired) electrons. The van der Waals surface area contributed by atoms with Gasteiger partial charge in [-0.3, -0.25) is 4.79 Å². The van der Waals surface area contributed by atoms with E-state index in [1.54, 1.807) is 7.11 Å². The zero-order chi connectivity index (χ0) is 18.2. The smallest absolute Gasteiger partial charge is 0.302 e.